The van der Waals surface area contributed by atoms with Gasteiger partial charge in [-0.1, -0.05) is 29.3 Å². The van der Waals surface area contributed by atoms with Crippen LogP contribution < -0.4 is 5.32 Å². The first-order chi connectivity index (χ1) is 9.50. The van der Waals surface area contributed by atoms with E-state index in [2.05, 4.69) is 5.32 Å². The van der Waals surface area contributed by atoms with Gasteiger partial charge in [0.2, 0.25) is 0 Å². The molecule has 1 N–H and O–H groups in total. The fourth-order valence-electron chi connectivity index (χ4n) is 2.19. The van der Waals surface area contributed by atoms with Gasteiger partial charge in [0.1, 0.15) is 6.10 Å². The number of ether oxygens (including phenoxy) is 1. The fraction of sp³-hybridized carbons (Fsp3) is 0.500. The summed E-state index contributed by atoms with van der Waals surface area (Å²) >= 11 is 12.1. The van der Waals surface area contributed by atoms with E-state index >= 15 is 0 Å². The van der Waals surface area contributed by atoms with Crippen LogP contribution in [-0.2, 0) is 9.53 Å². The van der Waals surface area contributed by atoms with Gasteiger partial charge in [-0.2, -0.15) is 0 Å². The van der Waals surface area contributed by atoms with Crippen LogP contribution in [0.3, 0.4) is 0 Å². The molecule has 0 bridgehead atoms. The van der Waals surface area contributed by atoms with Gasteiger partial charge in [-0.3, -0.25) is 4.79 Å². The van der Waals surface area contributed by atoms with Gasteiger partial charge in [0.05, 0.1) is 12.6 Å². The second kappa shape index (κ2) is 6.76. The standard InChI is InChI=1S/C14H18Cl2N2O2/c1-9(11-4-3-10(15)7-12(11)16)18(2)14(19)13-8-17-5-6-20-13/h3-4,7,9,13,17H,5-6,8H2,1-2H3. The summed E-state index contributed by atoms with van der Waals surface area (Å²) in [4.78, 5) is 14.0. The van der Waals surface area contributed by atoms with Crippen molar-refractivity contribution in [2.75, 3.05) is 26.7 Å². The zero-order valence-electron chi connectivity index (χ0n) is 11.5. The summed E-state index contributed by atoms with van der Waals surface area (Å²) in [6.07, 6.45) is -0.428. The van der Waals surface area contributed by atoms with Gasteiger partial charge in [-0.25, -0.2) is 0 Å². The van der Waals surface area contributed by atoms with Crippen molar-refractivity contribution in [2.45, 2.75) is 19.1 Å². The van der Waals surface area contributed by atoms with Crippen molar-refractivity contribution in [3.63, 3.8) is 0 Å². The Morgan fingerprint density at radius 3 is 2.85 bits per heavy atom. The normalized spacial score (nSPS) is 20.5. The lowest BCUT2D eigenvalue weighted by atomic mass is 10.1. The maximum absolute atomic E-state index is 12.4. The third kappa shape index (κ3) is 3.44. The summed E-state index contributed by atoms with van der Waals surface area (Å²) in [5.41, 5.74) is 0.871. The first-order valence-corrected chi connectivity index (χ1v) is 7.30. The third-order valence-electron chi connectivity index (χ3n) is 3.54. The van der Waals surface area contributed by atoms with Crippen molar-refractivity contribution in [1.82, 2.24) is 10.2 Å². The molecule has 6 heteroatoms. The number of hydrogen-bond acceptors (Lipinski definition) is 3. The van der Waals surface area contributed by atoms with Crippen LogP contribution >= 0.6 is 23.2 Å². The molecule has 1 aliphatic heterocycles. The zero-order valence-corrected chi connectivity index (χ0v) is 13.0. The SMILES string of the molecule is CC(c1ccc(Cl)cc1Cl)N(C)C(=O)C1CNCCO1. The van der Waals surface area contributed by atoms with E-state index in [1.54, 1.807) is 24.1 Å². The van der Waals surface area contributed by atoms with Gasteiger partial charge in [0.25, 0.3) is 5.91 Å². The fourth-order valence-corrected chi connectivity index (χ4v) is 2.76. The number of morpholine rings is 1. The molecule has 1 amide bonds. The van der Waals surface area contributed by atoms with Crippen LogP contribution in [-0.4, -0.2) is 43.7 Å². The third-order valence-corrected chi connectivity index (χ3v) is 4.11. The van der Waals surface area contributed by atoms with Crippen LogP contribution in [0.4, 0.5) is 0 Å². The maximum atomic E-state index is 12.4. The molecule has 0 aromatic heterocycles. The average molecular weight is 317 g/mol. The number of halogens is 2. The highest BCUT2D eigenvalue weighted by Gasteiger charge is 2.28. The van der Waals surface area contributed by atoms with E-state index in [-0.39, 0.29) is 11.9 Å². The van der Waals surface area contributed by atoms with Gasteiger partial charge in [0, 0.05) is 30.2 Å². The molecule has 4 nitrogen and oxygen atoms in total. The van der Waals surface area contributed by atoms with E-state index in [1.807, 2.05) is 13.0 Å². The Bertz CT molecular complexity index is 490. The Labute approximate surface area is 129 Å². The Hall–Kier alpha value is -0.810. The monoisotopic (exact) mass is 316 g/mol. The number of amides is 1. The highest BCUT2D eigenvalue weighted by atomic mass is 35.5. The highest BCUT2D eigenvalue weighted by molar-refractivity contribution is 6.35. The lowest BCUT2D eigenvalue weighted by Crippen LogP contribution is -2.48. The van der Waals surface area contributed by atoms with E-state index in [9.17, 15) is 4.79 Å². The zero-order chi connectivity index (χ0) is 14.7. The van der Waals surface area contributed by atoms with Crippen LogP contribution in [0.1, 0.15) is 18.5 Å². The van der Waals surface area contributed by atoms with Crippen LogP contribution in [0.2, 0.25) is 10.0 Å². The second-order valence-corrected chi connectivity index (χ2v) is 5.70. The van der Waals surface area contributed by atoms with Crippen molar-refractivity contribution >= 4 is 29.1 Å². The quantitative estimate of drug-likeness (QED) is 0.931. The highest BCUT2D eigenvalue weighted by Crippen LogP contribution is 2.29. The molecule has 1 aliphatic rings. The van der Waals surface area contributed by atoms with E-state index in [0.717, 1.165) is 12.1 Å². The predicted octanol–water partition coefficient (Wildman–Crippen LogP) is 2.50. The minimum absolute atomic E-state index is 0.0456. The Morgan fingerprint density at radius 2 is 2.25 bits per heavy atom. The van der Waals surface area contributed by atoms with Crippen LogP contribution in [0.25, 0.3) is 0 Å². The maximum Gasteiger partial charge on any atom is 0.253 e. The second-order valence-electron chi connectivity index (χ2n) is 4.85. The number of hydrogen-bond donors (Lipinski definition) is 1. The molecular formula is C14H18Cl2N2O2. The van der Waals surface area contributed by atoms with Crippen molar-refractivity contribution in [3.8, 4) is 0 Å². The van der Waals surface area contributed by atoms with Crippen molar-refractivity contribution in [2.24, 2.45) is 0 Å². The van der Waals surface area contributed by atoms with Gasteiger partial charge in [0.15, 0.2) is 0 Å². The van der Waals surface area contributed by atoms with Crippen molar-refractivity contribution in [1.29, 1.82) is 0 Å². The average Bonchev–Trinajstić information content (AvgIpc) is 2.46. The molecule has 1 saturated heterocycles. The van der Waals surface area contributed by atoms with Gasteiger partial charge < -0.3 is 15.0 Å². The van der Waals surface area contributed by atoms with E-state index < -0.39 is 6.10 Å². The van der Waals surface area contributed by atoms with Crippen LogP contribution in [0.5, 0.6) is 0 Å². The van der Waals surface area contributed by atoms with E-state index in [1.165, 1.54) is 0 Å². The molecule has 1 heterocycles. The number of likely N-dealkylation sites (N-methyl/N-ethyl adjacent to an activating group) is 1. The molecule has 1 aromatic rings. The Morgan fingerprint density at radius 1 is 1.50 bits per heavy atom. The molecular weight excluding hydrogens is 299 g/mol. The number of carbonyl (C=O) groups excluding carboxylic acids is 1. The molecule has 0 radical (unpaired) electrons. The molecule has 110 valence electrons. The van der Waals surface area contributed by atoms with Crippen molar-refractivity contribution < 1.29 is 9.53 Å². The van der Waals surface area contributed by atoms with Crippen molar-refractivity contribution in [3.05, 3.63) is 33.8 Å². The summed E-state index contributed by atoms with van der Waals surface area (Å²) in [5, 5.41) is 4.30. The molecule has 1 fully saturated rings. The number of nitrogens with one attached hydrogen (secondary N) is 1. The molecule has 2 unspecified atom stereocenters. The predicted molar refractivity (Wildman–Crippen MR) is 80.3 cm³/mol. The lowest BCUT2D eigenvalue weighted by Gasteiger charge is -2.31. The first kappa shape index (κ1) is 15.6. The van der Waals surface area contributed by atoms with Crippen LogP contribution in [0.15, 0.2) is 18.2 Å². The minimum Gasteiger partial charge on any atom is -0.366 e. The number of nitrogens with zero attached hydrogens (tertiary/aromatic N) is 1. The smallest absolute Gasteiger partial charge is 0.253 e. The molecule has 0 aliphatic carbocycles. The van der Waals surface area contributed by atoms with Gasteiger partial charge in [-0.05, 0) is 24.6 Å². The lowest BCUT2D eigenvalue weighted by molar-refractivity contribution is -0.145. The number of carbonyl (C=O) groups is 1. The number of benzene rings is 1. The molecule has 0 saturated carbocycles. The van der Waals surface area contributed by atoms with Crippen LogP contribution in [0, 0.1) is 0 Å². The molecule has 1 aromatic carbocycles. The largest absolute Gasteiger partial charge is 0.366 e. The van der Waals surface area contributed by atoms with Gasteiger partial charge >= 0.3 is 0 Å². The summed E-state index contributed by atoms with van der Waals surface area (Å²) < 4.78 is 5.49. The Balaban J connectivity index is 2.10. The number of rotatable bonds is 3. The van der Waals surface area contributed by atoms with E-state index in [4.69, 9.17) is 27.9 Å². The molecule has 0 spiro atoms. The minimum atomic E-state index is -0.428. The summed E-state index contributed by atoms with van der Waals surface area (Å²) in [7, 11) is 1.76. The molecule has 20 heavy (non-hydrogen) atoms. The summed E-state index contributed by atoms with van der Waals surface area (Å²) in [5.74, 6) is -0.0456. The molecule has 2 rings (SSSR count). The summed E-state index contributed by atoms with van der Waals surface area (Å²) in [6.45, 7) is 3.82. The first-order valence-electron chi connectivity index (χ1n) is 6.54. The topological polar surface area (TPSA) is 41.6 Å². The Kier molecular flexibility index (Phi) is 5.27. The van der Waals surface area contributed by atoms with Gasteiger partial charge in [-0.15, -0.1) is 0 Å². The van der Waals surface area contributed by atoms with E-state index in [0.29, 0.717) is 23.2 Å². The molecule has 2 atom stereocenters. The summed E-state index contributed by atoms with van der Waals surface area (Å²) in [6, 6.07) is 5.17.